The van der Waals surface area contributed by atoms with Crippen LogP contribution < -0.4 is 22.5 Å². The molecule has 1 rings (SSSR count). The molecule has 23 heavy (non-hydrogen) atoms. The Balaban J connectivity index is 2.68. The summed E-state index contributed by atoms with van der Waals surface area (Å²) in [5, 5.41) is 2.82. The quantitative estimate of drug-likeness (QED) is 0.325. The van der Waals surface area contributed by atoms with Crippen molar-refractivity contribution in [3.05, 3.63) is 35.4 Å². The number of carbonyl (C=O) groups is 1. The average molecular weight is 319 g/mol. The Labute approximate surface area is 138 Å². The van der Waals surface area contributed by atoms with Crippen molar-refractivity contribution in [2.75, 3.05) is 6.54 Å². The minimum atomic E-state index is -0.467. The van der Waals surface area contributed by atoms with Crippen molar-refractivity contribution in [2.45, 2.75) is 45.7 Å². The zero-order chi connectivity index (χ0) is 17.4. The van der Waals surface area contributed by atoms with Gasteiger partial charge in [0.15, 0.2) is 5.96 Å². The topological polar surface area (TPSA) is 120 Å². The highest BCUT2D eigenvalue weighted by Crippen LogP contribution is 2.22. The molecular weight excluding hydrogens is 290 g/mol. The van der Waals surface area contributed by atoms with E-state index in [2.05, 4.69) is 30.2 Å². The van der Waals surface area contributed by atoms with Crippen molar-refractivity contribution in [2.24, 2.45) is 28.1 Å². The Bertz CT molecular complexity index is 538. The van der Waals surface area contributed by atoms with E-state index in [0.717, 1.165) is 12.0 Å². The number of guanidine groups is 1. The number of nitrogens with one attached hydrogen (secondary N) is 1. The summed E-state index contributed by atoms with van der Waals surface area (Å²) >= 11 is 0. The van der Waals surface area contributed by atoms with E-state index in [1.54, 1.807) is 0 Å². The number of nitrogens with zero attached hydrogens (tertiary/aromatic N) is 1. The van der Waals surface area contributed by atoms with Crippen LogP contribution in [0.15, 0.2) is 29.3 Å². The summed E-state index contributed by atoms with van der Waals surface area (Å²) in [6, 6.07) is 8.05. The number of rotatable bonds is 8. The zero-order valence-electron chi connectivity index (χ0n) is 14.3. The summed E-state index contributed by atoms with van der Waals surface area (Å²) in [6.45, 7) is 6.63. The number of nitrogens with two attached hydrogens (primary N) is 3. The SMILES string of the molecule is CC(C)Cc1ccccc1[C@@H](C)C(=O)NC(N)CCN=C(N)N. The van der Waals surface area contributed by atoms with Crippen molar-refractivity contribution < 1.29 is 4.79 Å². The fourth-order valence-corrected chi connectivity index (χ4v) is 2.44. The lowest BCUT2D eigenvalue weighted by molar-refractivity contribution is -0.122. The van der Waals surface area contributed by atoms with Gasteiger partial charge in [-0.3, -0.25) is 9.79 Å². The van der Waals surface area contributed by atoms with Gasteiger partial charge in [0.1, 0.15) is 0 Å². The molecule has 1 unspecified atom stereocenters. The first-order chi connectivity index (χ1) is 10.8. The van der Waals surface area contributed by atoms with E-state index in [4.69, 9.17) is 17.2 Å². The molecule has 2 atom stereocenters. The van der Waals surface area contributed by atoms with Gasteiger partial charge in [0.2, 0.25) is 5.91 Å². The minimum absolute atomic E-state index is 0.0273. The van der Waals surface area contributed by atoms with Crippen LogP contribution in [0.1, 0.15) is 44.2 Å². The third-order valence-electron chi connectivity index (χ3n) is 3.61. The molecule has 1 aromatic rings. The number of carbonyl (C=O) groups excluding carboxylic acids is 1. The van der Waals surface area contributed by atoms with Crippen LogP contribution in [0.5, 0.6) is 0 Å². The Hall–Kier alpha value is -2.08. The molecule has 1 amide bonds. The van der Waals surface area contributed by atoms with Gasteiger partial charge in [-0.25, -0.2) is 0 Å². The molecule has 0 heterocycles. The number of benzene rings is 1. The van der Waals surface area contributed by atoms with Crippen molar-refractivity contribution in [3.8, 4) is 0 Å². The van der Waals surface area contributed by atoms with E-state index in [1.165, 1.54) is 5.56 Å². The summed E-state index contributed by atoms with van der Waals surface area (Å²) in [4.78, 5) is 16.3. The summed E-state index contributed by atoms with van der Waals surface area (Å²) in [6.07, 6.45) is 0.972. The minimum Gasteiger partial charge on any atom is -0.370 e. The number of hydrogen-bond acceptors (Lipinski definition) is 3. The number of hydrogen-bond donors (Lipinski definition) is 4. The van der Waals surface area contributed by atoms with Crippen molar-refractivity contribution >= 4 is 11.9 Å². The third kappa shape index (κ3) is 6.69. The molecule has 128 valence electrons. The molecule has 7 N–H and O–H groups in total. The van der Waals surface area contributed by atoms with Crippen LogP contribution in [0.2, 0.25) is 0 Å². The van der Waals surface area contributed by atoms with Gasteiger partial charge >= 0.3 is 0 Å². The molecule has 6 nitrogen and oxygen atoms in total. The summed E-state index contributed by atoms with van der Waals surface area (Å²) in [7, 11) is 0. The van der Waals surface area contributed by atoms with E-state index in [1.807, 2.05) is 25.1 Å². The Morgan fingerprint density at radius 3 is 2.48 bits per heavy atom. The Morgan fingerprint density at radius 2 is 1.87 bits per heavy atom. The van der Waals surface area contributed by atoms with Gasteiger partial charge in [0.25, 0.3) is 0 Å². The van der Waals surface area contributed by atoms with Gasteiger partial charge < -0.3 is 22.5 Å². The second kappa shape index (κ2) is 9.15. The van der Waals surface area contributed by atoms with Crippen LogP contribution in [0, 0.1) is 5.92 Å². The van der Waals surface area contributed by atoms with Crippen LogP contribution in [-0.4, -0.2) is 24.6 Å². The molecular formula is C17H29N5O. The van der Waals surface area contributed by atoms with Crippen LogP contribution in [0.25, 0.3) is 0 Å². The highest BCUT2D eigenvalue weighted by atomic mass is 16.2. The molecule has 0 radical (unpaired) electrons. The van der Waals surface area contributed by atoms with Crippen LogP contribution >= 0.6 is 0 Å². The van der Waals surface area contributed by atoms with Crippen LogP contribution in [-0.2, 0) is 11.2 Å². The molecule has 0 saturated carbocycles. The number of amides is 1. The van der Waals surface area contributed by atoms with Crippen LogP contribution in [0.3, 0.4) is 0 Å². The Kier molecular flexibility index (Phi) is 7.54. The first-order valence-electron chi connectivity index (χ1n) is 8.00. The maximum absolute atomic E-state index is 12.4. The molecule has 0 aliphatic heterocycles. The van der Waals surface area contributed by atoms with Gasteiger partial charge in [-0.05, 0) is 30.4 Å². The number of aliphatic imine (C=N–C) groups is 1. The normalized spacial score (nSPS) is 13.4. The van der Waals surface area contributed by atoms with Crippen LogP contribution in [0.4, 0.5) is 0 Å². The molecule has 0 fully saturated rings. The van der Waals surface area contributed by atoms with E-state index >= 15 is 0 Å². The highest BCUT2D eigenvalue weighted by molar-refractivity contribution is 5.83. The first-order valence-corrected chi connectivity index (χ1v) is 8.00. The van der Waals surface area contributed by atoms with Gasteiger partial charge in [-0.2, -0.15) is 0 Å². The van der Waals surface area contributed by atoms with E-state index in [9.17, 15) is 4.79 Å². The standard InChI is InChI=1S/C17H29N5O/c1-11(2)10-13-6-4-5-7-14(13)12(3)16(23)22-15(18)8-9-21-17(19)20/h4-7,11-12,15H,8-10,18H2,1-3H3,(H,22,23)(H4,19,20,21)/t12-,15?/m1/s1. The maximum Gasteiger partial charge on any atom is 0.228 e. The molecule has 0 aromatic heterocycles. The fourth-order valence-electron chi connectivity index (χ4n) is 2.44. The van der Waals surface area contributed by atoms with Gasteiger partial charge in [0.05, 0.1) is 12.1 Å². The fraction of sp³-hybridized carbons (Fsp3) is 0.529. The smallest absolute Gasteiger partial charge is 0.228 e. The second-order valence-corrected chi connectivity index (χ2v) is 6.23. The van der Waals surface area contributed by atoms with Crippen molar-refractivity contribution in [1.29, 1.82) is 0 Å². The predicted octanol–water partition coefficient (Wildman–Crippen LogP) is 1.05. The molecule has 0 aliphatic carbocycles. The largest absolute Gasteiger partial charge is 0.370 e. The monoisotopic (exact) mass is 319 g/mol. The average Bonchev–Trinajstić information content (AvgIpc) is 2.46. The molecule has 0 aliphatic rings. The predicted molar refractivity (Wildman–Crippen MR) is 94.8 cm³/mol. The molecule has 0 bridgehead atoms. The van der Waals surface area contributed by atoms with Gasteiger partial charge in [0, 0.05) is 13.0 Å². The molecule has 0 spiro atoms. The maximum atomic E-state index is 12.4. The summed E-state index contributed by atoms with van der Waals surface area (Å²) in [5.41, 5.74) is 18.7. The second-order valence-electron chi connectivity index (χ2n) is 6.23. The highest BCUT2D eigenvalue weighted by Gasteiger charge is 2.20. The first kappa shape index (κ1) is 19.0. The lowest BCUT2D eigenvalue weighted by atomic mass is 9.90. The lowest BCUT2D eigenvalue weighted by Crippen LogP contribution is -2.44. The Morgan fingerprint density at radius 1 is 1.22 bits per heavy atom. The summed E-state index contributed by atoms with van der Waals surface area (Å²) < 4.78 is 0. The molecule has 1 aromatic carbocycles. The van der Waals surface area contributed by atoms with E-state index in [0.29, 0.717) is 18.9 Å². The lowest BCUT2D eigenvalue weighted by Gasteiger charge is -2.20. The van der Waals surface area contributed by atoms with Gasteiger partial charge in [-0.15, -0.1) is 0 Å². The van der Waals surface area contributed by atoms with Crippen molar-refractivity contribution in [1.82, 2.24) is 5.32 Å². The molecule has 6 heteroatoms. The van der Waals surface area contributed by atoms with E-state index in [-0.39, 0.29) is 17.8 Å². The van der Waals surface area contributed by atoms with Crippen molar-refractivity contribution in [3.63, 3.8) is 0 Å². The molecule has 0 saturated heterocycles. The summed E-state index contributed by atoms with van der Waals surface area (Å²) in [5.74, 6) is 0.227. The van der Waals surface area contributed by atoms with E-state index < -0.39 is 6.17 Å². The van der Waals surface area contributed by atoms with Gasteiger partial charge in [-0.1, -0.05) is 38.1 Å². The zero-order valence-corrected chi connectivity index (χ0v) is 14.3. The third-order valence-corrected chi connectivity index (χ3v) is 3.61.